The van der Waals surface area contributed by atoms with E-state index in [1.165, 1.54) is 16.7 Å². The molecule has 9 heteroatoms. The van der Waals surface area contributed by atoms with Gasteiger partial charge in [0.15, 0.2) is 5.69 Å². The van der Waals surface area contributed by atoms with Crippen molar-refractivity contribution in [2.75, 3.05) is 0 Å². The number of hydrogen-bond donors (Lipinski definition) is 0. The molecule has 0 unspecified atom stereocenters. The molecular weight excluding hydrogens is 456 g/mol. The lowest BCUT2D eigenvalue weighted by molar-refractivity contribution is -0.141. The van der Waals surface area contributed by atoms with Crippen molar-refractivity contribution >= 4 is 28.2 Å². The minimum Gasteiger partial charge on any atom is -0.302 e. The largest absolute Gasteiger partial charge is 0.435 e. The van der Waals surface area contributed by atoms with Gasteiger partial charge in [-0.1, -0.05) is 0 Å². The van der Waals surface area contributed by atoms with Crippen LogP contribution in [-0.2, 0) is 12.6 Å². The molecule has 3 rings (SSSR count). The lowest BCUT2D eigenvalue weighted by Crippen LogP contribution is -2.26. The summed E-state index contributed by atoms with van der Waals surface area (Å²) in [5.74, 6) is -2.96. The molecular formula is C16H13F5IN3. The fraction of sp³-hybridized carbons (Fsp3) is 0.500. The second kappa shape index (κ2) is 6.37. The van der Waals surface area contributed by atoms with Crippen LogP contribution in [0.1, 0.15) is 42.6 Å². The van der Waals surface area contributed by atoms with Gasteiger partial charge in [-0.15, -0.1) is 0 Å². The van der Waals surface area contributed by atoms with Crippen LogP contribution in [0.4, 0.5) is 22.0 Å². The summed E-state index contributed by atoms with van der Waals surface area (Å²) in [7, 11) is 0. The fourth-order valence-electron chi connectivity index (χ4n) is 3.20. The SMILES string of the molecule is N#Cc1cc2nc(C(F)(F)F)c(CC3CCC(F)(F)CC3)n2cc1I. The van der Waals surface area contributed by atoms with Crippen LogP contribution < -0.4 is 0 Å². The molecule has 25 heavy (non-hydrogen) atoms. The van der Waals surface area contributed by atoms with E-state index >= 15 is 0 Å². The number of alkyl halides is 5. The van der Waals surface area contributed by atoms with Gasteiger partial charge in [-0.05, 0) is 47.8 Å². The first-order valence-electron chi connectivity index (χ1n) is 7.66. The van der Waals surface area contributed by atoms with E-state index in [0.717, 1.165) is 0 Å². The number of fused-ring (bicyclic) bond motifs is 1. The van der Waals surface area contributed by atoms with Crippen molar-refractivity contribution in [1.29, 1.82) is 5.26 Å². The summed E-state index contributed by atoms with van der Waals surface area (Å²) in [4.78, 5) is 3.66. The molecule has 0 bridgehead atoms. The lowest BCUT2D eigenvalue weighted by Gasteiger charge is -2.28. The minimum atomic E-state index is -4.64. The van der Waals surface area contributed by atoms with Gasteiger partial charge < -0.3 is 4.40 Å². The first-order chi connectivity index (χ1) is 11.6. The Balaban J connectivity index is 2.03. The number of rotatable bonds is 2. The van der Waals surface area contributed by atoms with Gasteiger partial charge in [-0.25, -0.2) is 13.8 Å². The van der Waals surface area contributed by atoms with Gasteiger partial charge >= 0.3 is 6.18 Å². The molecule has 1 aliphatic carbocycles. The fourth-order valence-corrected chi connectivity index (χ4v) is 3.75. The quantitative estimate of drug-likeness (QED) is 0.449. The second-order valence-corrected chi connectivity index (χ2v) is 7.45. The van der Waals surface area contributed by atoms with Crippen molar-refractivity contribution in [2.45, 2.75) is 44.2 Å². The molecule has 0 amide bonds. The van der Waals surface area contributed by atoms with Gasteiger partial charge in [0.1, 0.15) is 11.7 Å². The number of aromatic nitrogens is 2. The molecule has 0 atom stereocenters. The van der Waals surface area contributed by atoms with E-state index in [1.54, 1.807) is 0 Å². The first kappa shape index (κ1) is 18.4. The smallest absolute Gasteiger partial charge is 0.302 e. The van der Waals surface area contributed by atoms with Crippen LogP contribution in [0, 0.1) is 20.8 Å². The summed E-state index contributed by atoms with van der Waals surface area (Å²) in [6, 6.07) is 3.23. The third kappa shape index (κ3) is 3.73. The monoisotopic (exact) mass is 469 g/mol. The molecule has 0 spiro atoms. The molecule has 1 fully saturated rings. The molecule has 0 aliphatic heterocycles. The van der Waals surface area contributed by atoms with Gasteiger partial charge in [0.05, 0.1) is 11.3 Å². The van der Waals surface area contributed by atoms with Crippen LogP contribution >= 0.6 is 22.6 Å². The molecule has 1 saturated carbocycles. The Bertz CT molecular complexity index is 840. The Morgan fingerprint density at radius 2 is 1.96 bits per heavy atom. The number of hydrogen-bond acceptors (Lipinski definition) is 2. The normalized spacial score (nSPS) is 18.4. The second-order valence-electron chi connectivity index (χ2n) is 6.28. The standard InChI is InChI=1S/C16H13F5IN3/c17-15(18)3-1-9(2-4-15)5-12-14(16(19,20)21)24-13-6-10(7-23)11(22)8-25(12)13/h6,8-9H,1-5H2. The zero-order chi connectivity index (χ0) is 18.4. The predicted octanol–water partition coefficient (Wildman–Crippen LogP) is 5.20. The zero-order valence-electron chi connectivity index (χ0n) is 12.9. The van der Waals surface area contributed by atoms with Gasteiger partial charge in [0.25, 0.3) is 0 Å². The van der Waals surface area contributed by atoms with E-state index < -0.39 is 17.8 Å². The minimum absolute atomic E-state index is 0.0277. The van der Waals surface area contributed by atoms with E-state index in [0.29, 0.717) is 3.57 Å². The Morgan fingerprint density at radius 1 is 1.32 bits per heavy atom. The number of halogens is 6. The van der Waals surface area contributed by atoms with Gasteiger partial charge in [-0.2, -0.15) is 18.4 Å². The van der Waals surface area contributed by atoms with E-state index in [2.05, 4.69) is 4.98 Å². The molecule has 2 aromatic rings. The lowest BCUT2D eigenvalue weighted by atomic mass is 9.83. The van der Waals surface area contributed by atoms with Crippen LogP contribution in [0.2, 0.25) is 0 Å². The maximum atomic E-state index is 13.4. The van der Waals surface area contributed by atoms with Crippen LogP contribution in [0.5, 0.6) is 0 Å². The number of pyridine rings is 1. The van der Waals surface area contributed by atoms with Crippen molar-refractivity contribution in [3.8, 4) is 6.07 Å². The van der Waals surface area contributed by atoms with Gasteiger partial charge in [-0.3, -0.25) is 0 Å². The molecule has 3 nitrogen and oxygen atoms in total. The Labute approximate surface area is 154 Å². The van der Waals surface area contributed by atoms with Gasteiger partial charge in [0, 0.05) is 28.7 Å². The maximum absolute atomic E-state index is 13.4. The molecule has 0 radical (unpaired) electrons. The molecule has 2 aromatic heterocycles. The zero-order valence-corrected chi connectivity index (χ0v) is 15.0. The highest BCUT2D eigenvalue weighted by Crippen LogP contribution is 2.40. The molecule has 134 valence electrons. The highest BCUT2D eigenvalue weighted by molar-refractivity contribution is 14.1. The molecule has 2 heterocycles. The van der Waals surface area contributed by atoms with E-state index in [-0.39, 0.29) is 54.9 Å². The van der Waals surface area contributed by atoms with E-state index in [9.17, 15) is 22.0 Å². The molecule has 0 N–H and O–H groups in total. The van der Waals surface area contributed by atoms with Crippen molar-refractivity contribution < 1.29 is 22.0 Å². The summed E-state index contributed by atoms with van der Waals surface area (Å²) in [5.41, 5.74) is -0.744. The molecule has 0 aromatic carbocycles. The predicted molar refractivity (Wildman–Crippen MR) is 88.2 cm³/mol. The van der Waals surface area contributed by atoms with E-state index in [4.69, 9.17) is 5.26 Å². The number of nitrogens with zero attached hydrogens (tertiary/aromatic N) is 3. The van der Waals surface area contributed by atoms with Crippen LogP contribution in [0.15, 0.2) is 12.3 Å². The Morgan fingerprint density at radius 3 is 2.52 bits per heavy atom. The molecule has 0 saturated heterocycles. The molecule has 1 aliphatic rings. The van der Waals surface area contributed by atoms with Crippen LogP contribution in [0.25, 0.3) is 5.65 Å². The van der Waals surface area contributed by atoms with Crippen molar-refractivity contribution in [3.05, 3.63) is 32.8 Å². The number of nitriles is 1. The first-order valence-corrected chi connectivity index (χ1v) is 8.74. The highest BCUT2D eigenvalue weighted by atomic mass is 127. The topological polar surface area (TPSA) is 41.1 Å². The Hall–Kier alpha value is -1.44. The van der Waals surface area contributed by atoms with Gasteiger partial charge in [0.2, 0.25) is 5.92 Å². The summed E-state index contributed by atoms with van der Waals surface area (Å²) in [6.07, 6.45) is -3.39. The Kier molecular flexibility index (Phi) is 4.68. The van der Waals surface area contributed by atoms with Crippen molar-refractivity contribution in [1.82, 2.24) is 9.38 Å². The van der Waals surface area contributed by atoms with Crippen LogP contribution in [-0.4, -0.2) is 15.3 Å². The average Bonchev–Trinajstić information content (AvgIpc) is 2.86. The summed E-state index contributed by atoms with van der Waals surface area (Å²) < 4.78 is 68.6. The van der Waals surface area contributed by atoms with Crippen LogP contribution in [0.3, 0.4) is 0 Å². The van der Waals surface area contributed by atoms with Crippen molar-refractivity contribution in [2.24, 2.45) is 5.92 Å². The summed E-state index contributed by atoms with van der Waals surface area (Å²) >= 11 is 1.88. The summed E-state index contributed by atoms with van der Waals surface area (Å²) in [6.45, 7) is 0. The maximum Gasteiger partial charge on any atom is 0.435 e. The highest BCUT2D eigenvalue weighted by Gasteiger charge is 2.40. The third-order valence-electron chi connectivity index (χ3n) is 4.52. The number of imidazole rings is 1. The van der Waals surface area contributed by atoms with E-state index in [1.807, 2.05) is 28.7 Å². The summed E-state index contributed by atoms with van der Waals surface area (Å²) in [5, 5.41) is 9.04. The third-order valence-corrected chi connectivity index (χ3v) is 5.38. The van der Waals surface area contributed by atoms with Crippen molar-refractivity contribution in [3.63, 3.8) is 0 Å². The average molecular weight is 469 g/mol.